The molecule has 0 aromatic heterocycles. The summed E-state index contributed by atoms with van der Waals surface area (Å²) in [6.07, 6.45) is 4.26. The smallest absolute Gasteiger partial charge is 0.0782 e. The molecule has 1 fully saturated rings. The quantitative estimate of drug-likeness (QED) is 0.445. The van der Waals surface area contributed by atoms with E-state index in [1.165, 1.54) is 36.8 Å². The Balaban J connectivity index is 0.000000423. The fourth-order valence-electron chi connectivity index (χ4n) is 1.99. The van der Waals surface area contributed by atoms with Crippen LogP contribution in [-0.4, -0.2) is 77.8 Å². The topological polar surface area (TPSA) is 67.8 Å². The van der Waals surface area contributed by atoms with Gasteiger partial charge in [-0.2, -0.15) is 0 Å². The Morgan fingerprint density at radius 2 is 1.48 bits per heavy atom. The van der Waals surface area contributed by atoms with Crippen molar-refractivity contribution >= 4 is 5.97 Å². The van der Waals surface area contributed by atoms with E-state index >= 15 is 0 Å². The Kier molecular flexibility index (Phi) is 12.6. The minimum atomic E-state index is -1.10. The van der Waals surface area contributed by atoms with Crippen LogP contribution in [0.15, 0.2) is 0 Å². The maximum absolute atomic E-state index is 9.93. The summed E-state index contributed by atoms with van der Waals surface area (Å²) in [5.74, 6) is -1.10. The number of nitrogens with zero attached hydrogens (tertiary/aromatic N) is 1. The summed E-state index contributed by atoms with van der Waals surface area (Å²) in [6, 6.07) is 0. The van der Waals surface area contributed by atoms with E-state index < -0.39 is 5.97 Å². The molecule has 0 unspecified atom stereocenters. The fraction of sp³-hybridized carbons (Fsp3) is 0.933. The monoisotopic (exact) mass is 305 g/mol. The fourth-order valence-corrected chi connectivity index (χ4v) is 1.99. The molecule has 6 heteroatoms. The summed E-state index contributed by atoms with van der Waals surface area (Å²) in [6.45, 7) is 4.89. The van der Waals surface area contributed by atoms with Gasteiger partial charge in [-0.1, -0.05) is 0 Å². The van der Waals surface area contributed by atoms with Gasteiger partial charge < -0.3 is 28.6 Å². The van der Waals surface area contributed by atoms with Crippen LogP contribution in [0.1, 0.15) is 25.7 Å². The Bertz CT molecular complexity index is 250. The molecule has 0 saturated carbocycles. The molecule has 0 radical (unpaired) electrons. The molecular formula is C15H31NO5. The van der Waals surface area contributed by atoms with Gasteiger partial charge in [-0.05, 0) is 19.3 Å². The molecule has 0 aromatic rings. The molecule has 0 aromatic carbocycles. The number of ether oxygens (including phenoxy) is 3. The van der Waals surface area contributed by atoms with E-state index in [2.05, 4.69) is 14.1 Å². The van der Waals surface area contributed by atoms with E-state index in [0.29, 0.717) is 26.4 Å². The number of likely N-dealkylation sites (tertiary alicyclic amines) is 1. The van der Waals surface area contributed by atoms with Crippen molar-refractivity contribution in [3.05, 3.63) is 0 Å². The number of rotatable bonds is 9. The van der Waals surface area contributed by atoms with Crippen molar-refractivity contribution < 1.29 is 28.6 Å². The van der Waals surface area contributed by atoms with Gasteiger partial charge in [0.25, 0.3) is 0 Å². The van der Waals surface area contributed by atoms with Crippen molar-refractivity contribution in [2.45, 2.75) is 25.7 Å². The SMILES string of the molecule is COCCOCCOCCC(=O)[O-].C[N+]1(C)CCCCC1. The van der Waals surface area contributed by atoms with Crippen molar-refractivity contribution in [3.63, 3.8) is 0 Å². The lowest BCUT2D eigenvalue weighted by Gasteiger charge is -2.33. The van der Waals surface area contributed by atoms with Crippen LogP contribution in [0.5, 0.6) is 0 Å². The first-order chi connectivity index (χ1) is 9.98. The third kappa shape index (κ3) is 15.5. The molecule has 1 aliphatic rings. The number of quaternary nitrogens is 1. The summed E-state index contributed by atoms with van der Waals surface area (Å²) in [5, 5.41) is 9.93. The standard InChI is InChI=1S/C8H16O5.C7H16N/c1-11-4-5-13-7-6-12-3-2-8(9)10;1-8(2)6-4-3-5-7-8/h2-7H2,1H3,(H,9,10);3-7H2,1-2H3/q;+1/p-1. The molecule has 0 atom stereocenters. The number of carbonyl (C=O) groups excluding carboxylic acids is 1. The van der Waals surface area contributed by atoms with E-state index in [4.69, 9.17) is 14.2 Å². The number of hydrogen-bond donors (Lipinski definition) is 0. The first kappa shape index (κ1) is 20.3. The highest BCUT2D eigenvalue weighted by Gasteiger charge is 2.17. The average Bonchev–Trinajstić information content (AvgIpc) is 2.42. The van der Waals surface area contributed by atoms with Gasteiger partial charge in [0.15, 0.2) is 0 Å². The van der Waals surface area contributed by atoms with Gasteiger partial charge in [0.05, 0.1) is 60.2 Å². The Morgan fingerprint density at radius 3 is 1.90 bits per heavy atom. The zero-order chi connectivity index (χ0) is 16.0. The molecule has 0 bridgehead atoms. The van der Waals surface area contributed by atoms with E-state index in [9.17, 15) is 9.90 Å². The number of aliphatic carboxylic acids is 1. The average molecular weight is 305 g/mol. The molecule has 21 heavy (non-hydrogen) atoms. The van der Waals surface area contributed by atoms with Gasteiger partial charge in [-0.25, -0.2) is 0 Å². The molecule has 6 nitrogen and oxygen atoms in total. The summed E-state index contributed by atoms with van der Waals surface area (Å²) in [5.41, 5.74) is 0. The summed E-state index contributed by atoms with van der Waals surface area (Å²) in [4.78, 5) is 9.93. The summed E-state index contributed by atoms with van der Waals surface area (Å²) >= 11 is 0. The van der Waals surface area contributed by atoms with Crippen molar-refractivity contribution in [2.75, 3.05) is 67.3 Å². The molecule has 0 aliphatic carbocycles. The van der Waals surface area contributed by atoms with Gasteiger partial charge in [-0.15, -0.1) is 0 Å². The predicted molar refractivity (Wildman–Crippen MR) is 78.8 cm³/mol. The number of carbonyl (C=O) groups is 1. The second kappa shape index (κ2) is 13.0. The molecule has 1 aliphatic heterocycles. The second-order valence-corrected chi connectivity index (χ2v) is 5.78. The highest BCUT2D eigenvalue weighted by Crippen LogP contribution is 2.12. The number of piperidine rings is 1. The second-order valence-electron chi connectivity index (χ2n) is 5.78. The van der Waals surface area contributed by atoms with E-state index in [0.717, 1.165) is 0 Å². The van der Waals surface area contributed by atoms with E-state index in [1.807, 2.05) is 0 Å². The zero-order valence-electron chi connectivity index (χ0n) is 13.8. The highest BCUT2D eigenvalue weighted by atomic mass is 16.5. The third-order valence-corrected chi connectivity index (χ3v) is 3.28. The molecule has 1 saturated heterocycles. The molecule has 0 N–H and O–H groups in total. The van der Waals surface area contributed by atoms with Gasteiger partial charge in [0, 0.05) is 19.5 Å². The van der Waals surface area contributed by atoms with Crippen LogP contribution in [0.4, 0.5) is 0 Å². The number of hydrogen-bond acceptors (Lipinski definition) is 5. The molecule has 0 amide bonds. The highest BCUT2D eigenvalue weighted by molar-refractivity contribution is 5.64. The van der Waals surface area contributed by atoms with Crippen LogP contribution < -0.4 is 5.11 Å². The minimum absolute atomic E-state index is 0.0714. The minimum Gasteiger partial charge on any atom is -0.550 e. The third-order valence-electron chi connectivity index (χ3n) is 3.28. The molecule has 126 valence electrons. The molecule has 0 spiro atoms. The largest absolute Gasteiger partial charge is 0.550 e. The Labute approximate surface area is 128 Å². The number of carboxylic acids is 1. The summed E-state index contributed by atoms with van der Waals surface area (Å²) in [7, 11) is 6.23. The maximum Gasteiger partial charge on any atom is 0.0782 e. The Hall–Kier alpha value is -0.690. The van der Waals surface area contributed by atoms with Crippen molar-refractivity contribution in [1.29, 1.82) is 0 Å². The van der Waals surface area contributed by atoms with Crippen molar-refractivity contribution in [3.8, 4) is 0 Å². The molecule has 1 rings (SSSR count). The lowest BCUT2D eigenvalue weighted by atomic mass is 10.1. The van der Waals surface area contributed by atoms with Gasteiger partial charge in [0.2, 0.25) is 0 Å². The van der Waals surface area contributed by atoms with Crippen LogP contribution in [-0.2, 0) is 19.0 Å². The number of carboxylic acid groups (broad SMARTS) is 1. The Morgan fingerprint density at radius 1 is 0.952 bits per heavy atom. The van der Waals surface area contributed by atoms with Gasteiger partial charge in [0.1, 0.15) is 0 Å². The first-order valence-electron chi connectivity index (χ1n) is 7.64. The molecule has 1 heterocycles. The van der Waals surface area contributed by atoms with Crippen LogP contribution in [0.25, 0.3) is 0 Å². The first-order valence-corrected chi connectivity index (χ1v) is 7.64. The zero-order valence-corrected chi connectivity index (χ0v) is 13.8. The van der Waals surface area contributed by atoms with E-state index in [1.54, 1.807) is 7.11 Å². The maximum atomic E-state index is 9.93. The van der Waals surface area contributed by atoms with Crippen LogP contribution in [0.2, 0.25) is 0 Å². The van der Waals surface area contributed by atoms with Crippen LogP contribution >= 0.6 is 0 Å². The van der Waals surface area contributed by atoms with Crippen molar-refractivity contribution in [1.82, 2.24) is 0 Å². The van der Waals surface area contributed by atoms with Gasteiger partial charge >= 0.3 is 0 Å². The van der Waals surface area contributed by atoms with Crippen LogP contribution in [0.3, 0.4) is 0 Å². The lowest BCUT2D eigenvalue weighted by Crippen LogP contribution is -2.43. The normalized spacial score (nSPS) is 16.9. The lowest BCUT2D eigenvalue weighted by molar-refractivity contribution is -0.894. The number of methoxy groups -OCH3 is 1. The van der Waals surface area contributed by atoms with Crippen LogP contribution in [0, 0.1) is 0 Å². The van der Waals surface area contributed by atoms with Crippen molar-refractivity contribution in [2.24, 2.45) is 0 Å². The summed E-state index contributed by atoms with van der Waals surface area (Å²) < 4.78 is 16.0. The van der Waals surface area contributed by atoms with Gasteiger partial charge in [-0.3, -0.25) is 0 Å². The molecular weight excluding hydrogens is 274 g/mol. The predicted octanol–water partition coefficient (Wildman–Crippen LogP) is 0.0527. The van der Waals surface area contributed by atoms with E-state index in [-0.39, 0.29) is 13.0 Å².